The van der Waals surface area contributed by atoms with Crippen LogP contribution in [0.1, 0.15) is 21.5 Å². The van der Waals surface area contributed by atoms with E-state index in [2.05, 4.69) is 15.0 Å². The van der Waals surface area contributed by atoms with Gasteiger partial charge in [-0.3, -0.25) is 9.78 Å². The highest BCUT2D eigenvalue weighted by molar-refractivity contribution is 6.16. The van der Waals surface area contributed by atoms with Crippen molar-refractivity contribution >= 4 is 16.8 Å². The third-order valence-electron chi connectivity index (χ3n) is 4.05. The van der Waals surface area contributed by atoms with Crippen LogP contribution in [0.15, 0.2) is 67.3 Å². The Hall–Kier alpha value is -3.27. The highest BCUT2D eigenvalue weighted by atomic mass is 16.1. The number of carbonyl (C=O) groups is 1. The van der Waals surface area contributed by atoms with E-state index in [-0.39, 0.29) is 5.78 Å². The lowest BCUT2D eigenvalue weighted by molar-refractivity contribution is 0.104. The molecule has 0 fully saturated rings. The SMILES string of the molecule is Cc1cccc(C(=O)c2c[nH]c3ncc(-c4cccnc4)cc23)c1. The molecule has 0 spiro atoms. The molecule has 0 unspecified atom stereocenters. The van der Waals surface area contributed by atoms with Crippen molar-refractivity contribution in [2.24, 2.45) is 0 Å². The number of hydrogen-bond acceptors (Lipinski definition) is 3. The zero-order valence-electron chi connectivity index (χ0n) is 13.2. The first kappa shape index (κ1) is 14.3. The second-order valence-electron chi connectivity index (χ2n) is 5.76. The quantitative estimate of drug-likeness (QED) is 0.578. The van der Waals surface area contributed by atoms with Crippen molar-refractivity contribution in [3.05, 3.63) is 83.9 Å². The third-order valence-corrected chi connectivity index (χ3v) is 4.05. The second kappa shape index (κ2) is 5.74. The fourth-order valence-electron chi connectivity index (χ4n) is 2.82. The normalized spacial score (nSPS) is 10.9. The van der Waals surface area contributed by atoms with Crippen molar-refractivity contribution in [2.75, 3.05) is 0 Å². The first-order chi connectivity index (χ1) is 11.7. The highest BCUT2D eigenvalue weighted by Gasteiger charge is 2.15. The van der Waals surface area contributed by atoms with Crippen LogP contribution in [0.25, 0.3) is 22.2 Å². The van der Waals surface area contributed by atoms with Gasteiger partial charge in [0.2, 0.25) is 0 Å². The van der Waals surface area contributed by atoms with Crippen LogP contribution < -0.4 is 0 Å². The minimum absolute atomic E-state index is 0.00455. The van der Waals surface area contributed by atoms with E-state index in [4.69, 9.17) is 0 Å². The van der Waals surface area contributed by atoms with Gasteiger partial charge in [0.15, 0.2) is 5.78 Å². The summed E-state index contributed by atoms with van der Waals surface area (Å²) in [5, 5.41) is 0.822. The molecule has 4 aromatic rings. The number of pyridine rings is 2. The highest BCUT2D eigenvalue weighted by Crippen LogP contribution is 2.25. The summed E-state index contributed by atoms with van der Waals surface area (Å²) in [4.78, 5) is 24.5. The number of benzene rings is 1. The molecule has 0 radical (unpaired) electrons. The van der Waals surface area contributed by atoms with Gasteiger partial charge in [0.1, 0.15) is 5.65 Å². The second-order valence-corrected chi connectivity index (χ2v) is 5.76. The van der Waals surface area contributed by atoms with E-state index in [1.54, 1.807) is 24.8 Å². The summed E-state index contributed by atoms with van der Waals surface area (Å²) in [5.74, 6) is -0.00455. The van der Waals surface area contributed by atoms with E-state index in [1.165, 1.54) is 0 Å². The largest absolute Gasteiger partial charge is 0.345 e. The minimum Gasteiger partial charge on any atom is -0.345 e. The topological polar surface area (TPSA) is 58.6 Å². The van der Waals surface area contributed by atoms with Gasteiger partial charge in [-0.15, -0.1) is 0 Å². The minimum atomic E-state index is -0.00455. The molecule has 0 saturated heterocycles. The Balaban J connectivity index is 1.83. The number of carbonyl (C=O) groups excluding carboxylic acids is 1. The molecule has 4 rings (SSSR count). The van der Waals surface area contributed by atoms with Crippen LogP contribution in [0.5, 0.6) is 0 Å². The van der Waals surface area contributed by atoms with Gasteiger partial charge in [-0.25, -0.2) is 4.98 Å². The standard InChI is InChI=1S/C20H15N3O/c1-13-4-2-5-14(8-13)19(24)18-12-23-20-17(18)9-16(11-22-20)15-6-3-7-21-10-15/h2-12H,1H3,(H,22,23). The molecular formula is C20H15N3O. The Bertz CT molecular complexity index is 1040. The Labute approximate surface area is 139 Å². The van der Waals surface area contributed by atoms with Crippen LogP contribution in [0.4, 0.5) is 0 Å². The monoisotopic (exact) mass is 313 g/mol. The van der Waals surface area contributed by atoms with Crippen molar-refractivity contribution in [3.8, 4) is 11.1 Å². The van der Waals surface area contributed by atoms with Gasteiger partial charge in [-0.1, -0.05) is 29.8 Å². The van der Waals surface area contributed by atoms with Crippen LogP contribution >= 0.6 is 0 Å². The maximum Gasteiger partial charge on any atom is 0.195 e. The smallest absolute Gasteiger partial charge is 0.195 e. The average Bonchev–Trinajstić information content (AvgIpc) is 3.05. The van der Waals surface area contributed by atoms with Crippen LogP contribution in [0.3, 0.4) is 0 Å². The third kappa shape index (κ3) is 2.48. The number of H-pyrrole nitrogens is 1. The molecule has 0 saturated carbocycles. The maximum absolute atomic E-state index is 12.9. The van der Waals surface area contributed by atoms with Gasteiger partial charge in [-0.05, 0) is 25.1 Å². The molecule has 3 heterocycles. The van der Waals surface area contributed by atoms with Crippen molar-refractivity contribution in [3.63, 3.8) is 0 Å². The lowest BCUT2D eigenvalue weighted by atomic mass is 10.0. The summed E-state index contributed by atoms with van der Waals surface area (Å²) in [7, 11) is 0. The van der Waals surface area contributed by atoms with Gasteiger partial charge in [0, 0.05) is 52.4 Å². The molecular weight excluding hydrogens is 298 g/mol. The number of aryl methyl sites for hydroxylation is 1. The molecule has 0 atom stereocenters. The van der Waals surface area contributed by atoms with Gasteiger partial charge in [-0.2, -0.15) is 0 Å². The average molecular weight is 313 g/mol. The summed E-state index contributed by atoms with van der Waals surface area (Å²) in [5.41, 5.74) is 5.00. The predicted octanol–water partition coefficient (Wildman–Crippen LogP) is 4.16. The molecule has 4 nitrogen and oxygen atoms in total. The molecule has 0 aliphatic carbocycles. The van der Waals surface area contributed by atoms with Crippen molar-refractivity contribution < 1.29 is 4.79 Å². The molecule has 0 aliphatic heterocycles. The number of aromatic nitrogens is 3. The molecule has 24 heavy (non-hydrogen) atoms. The zero-order valence-corrected chi connectivity index (χ0v) is 13.2. The molecule has 4 heteroatoms. The Morgan fingerprint density at radius 3 is 2.75 bits per heavy atom. The van der Waals surface area contributed by atoms with Crippen LogP contribution in [-0.4, -0.2) is 20.7 Å². The molecule has 1 aromatic carbocycles. The van der Waals surface area contributed by atoms with E-state index in [9.17, 15) is 4.79 Å². The number of fused-ring (bicyclic) bond motifs is 1. The first-order valence-corrected chi connectivity index (χ1v) is 7.71. The van der Waals surface area contributed by atoms with Gasteiger partial charge in [0.25, 0.3) is 0 Å². The fraction of sp³-hybridized carbons (Fsp3) is 0.0500. The zero-order chi connectivity index (χ0) is 16.5. The van der Waals surface area contributed by atoms with Gasteiger partial charge in [0.05, 0.1) is 0 Å². The van der Waals surface area contributed by atoms with E-state index in [0.717, 1.165) is 22.1 Å². The molecule has 0 amide bonds. The van der Waals surface area contributed by atoms with E-state index in [1.807, 2.05) is 49.4 Å². The number of rotatable bonds is 3. The molecule has 0 aliphatic rings. The first-order valence-electron chi connectivity index (χ1n) is 7.71. The predicted molar refractivity (Wildman–Crippen MR) is 93.9 cm³/mol. The van der Waals surface area contributed by atoms with Crippen LogP contribution in [0.2, 0.25) is 0 Å². The number of ketones is 1. The lowest BCUT2D eigenvalue weighted by Crippen LogP contribution is -2.00. The number of nitrogens with zero attached hydrogens (tertiary/aromatic N) is 2. The number of hydrogen-bond donors (Lipinski definition) is 1. The Morgan fingerprint density at radius 2 is 1.96 bits per heavy atom. The Morgan fingerprint density at radius 1 is 1.04 bits per heavy atom. The summed E-state index contributed by atoms with van der Waals surface area (Å²) in [6.07, 6.45) is 7.04. The molecule has 1 N–H and O–H groups in total. The van der Waals surface area contributed by atoms with Gasteiger partial charge < -0.3 is 4.98 Å². The Kier molecular flexibility index (Phi) is 3.43. The van der Waals surface area contributed by atoms with Crippen LogP contribution in [-0.2, 0) is 0 Å². The van der Waals surface area contributed by atoms with Crippen molar-refractivity contribution in [1.82, 2.24) is 15.0 Å². The van der Waals surface area contributed by atoms with E-state index < -0.39 is 0 Å². The number of aromatic amines is 1. The maximum atomic E-state index is 12.9. The lowest BCUT2D eigenvalue weighted by Gasteiger charge is -2.03. The number of nitrogens with one attached hydrogen (secondary N) is 1. The van der Waals surface area contributed by atoms with Crippen molar-refractivity contribution in [1.29, 1.82) is 0 Å². The summed E-state index contributed by atoms with van der Waals surface area (Å²) < 4.78 is 0. The van der Waals surface area contributed by atoms with E-state index >= 15 is 0 Å². The molecule has 116 valence electrons. The van der Waals surface area contributed by atoms with Gasteiger partial charge >= 0.3 is 0 Å². The molecule has 0 bridgehead atoms. The molecule has 3 aromatic heterocycles. The van der Waals surface area contributed by atoms with Crippen LogP contribution in [0, 0.1) is 6.92 Å². The van der Waals surface area contributed by atoms with E-state index in [0.29, 0.717) is 16.8 Å². The summed E-state index contributed by atoms with van der Waals surface area (Å²) in [6.45, 7) is 1.98. The summed E-state index contributed by atoms with van der Waals surface area (Å²) in [6, 6.07) is 13.5. The van der Waals surface area contributed by atoms with Crippen molar-refractivity contribution in [2.45, 2.75) is 6.92 Å². The summed E-state index contributed by atoms with van der Waals surface area (Å²) >= 11 is 0. The fourth-order valence-corrected chi connectivity index (χ4v) is 2.82.